The first kappa shape index (κ1) is 13.8. The molecule has 4 nitrogen and oxygen atoms in total. The van der Waals surface area contributed by atoms with Crippen molar-refractivity contribution in [3.05, 3.63) is 39.4 Å². The highest BCUT2D eigenvalue weighted by Gasteiger charge is 2.20. The summed E-state index contributed by atoms with van der Waals surface area (Å²) < 4.78 is 4.64. The van der Waals surface area contributed by atoms with Gasteiger partial charge in [0, 0.05) is 6.54 Å². The van der Waals surface area contributed by atoms with Gasteiger partial charge in [-0.05, 0) is 36.6 Å². The average Bonchev–Trinajstić information content (AvgIpc) is 3.09. The number of thiophene rings is 2. The number of esters is 1. The van der Waals surface area contributed by atoms with E-state index in [1.165, 1.54) is 18.4 Å². The summed E-state index contributed by atoms with van der Waals surface area (Å²) in [5, 5.41) is 2.83. The Morgan fingerprint density at radius 2 is 2.00 bits per heavy atom. The summed E-state index contributed by atoms with van der Waals surface area (Å²) in [5.41, 5.74) is 0. The van der Waals surface area contributed by atoms with Crippen molar-refractivity contribution in [2.45, 2.75) is 6.92 Å². The molecule has 100 valence electrons. The fraction of sp³-hybridized carbons (Fsp3) is 0.231. The number of hydrogen-bond donors (Lipinski definition) is 0. The third kappa shape index (κ3) is 2.85. The van der Waals surface area contributed by atoms with Crippen LogP contribution in [0.1, 0.15) is 26.3 Å². The number of nitrogens with zero attached hydrogens (tertiary/aromatic N) is 1. The van der Waals surface area contributed by atoms with Gasteiger partial charge < -0.3 is 4.74 Å². The molecule has 0 aliphatic carbocycles. The number of carbonyl (C=O) groups excluding carboxylic acids is 2. The Hall–Kier alpha value is -1.66. The van der Waals surface area contributed by atoms with Crippen molar-refractivity contribution < 1.29 is 14.3 Å². The van der Waals surface area contributed by atoms with E-state index in [0.717, 1.165) is 16.3 Å². The van der Waals surface area contributed by atoms with Gasteiger partial charge in [-0.3, -0.25) is 9.69 Å². The number of amides is 1. The first-order valence-electron chi connectivity index (χ1n) is 5.71. The van der Waals surface area contributed by atoms with E-state index in [-0.39, 0.29) is 5.91 Å². The quantitative estimate of drug-likeness (QED) is 0.813. The minimum atomic E-state index is -0.414. The molecule has 19 heavy (non-hydrogen) atoms. The van der Waals surface area contributed by atoms with E-state index >= 15 is 0 Å². The molecule has 0 radical (unpaired) electrons. The minimum Gasteiger partial charge on any atom is -0.465 e. The SMILES string of the molecule is CCN(C(=O)c1ccc(C(=O)OC)s1)c1cccs1. The Balaban J connectivity index is 2.23. The first-order chi connectivity index (χ1) is 9.17. The van der Waals surface area contributed by atoms with Crippen molar-refractivity contribution in [1.82, 2.24) is 0 Å². The van der Waals surface area contributed by atoms with Gasteiger partial charge in [-0.2, -0.15) is 0 Å². The maximum Gasteiger partial charge on any atom is 0.348 e. The molecule has 6 heteroatoms. The maximum absolute atomic E-state index is 12.4. The maximum atomic E-state index is 12.4. The molecule has 0 aliphatic rings. The lowest BCUT2D eigenvalue weighted by atomic mass is 10.3. The Morgan fingerprint density at radius 3 is 2.58 bits per heavy atom. The van der Waals surface area contributed by atoms with Gasteiger partial charge in [0.05, 0.1) is 17.0 Å². The number of ether oxygens (including phenoxy) is 1. The van der Waals surface area contributed by atoms with E-state index in [1.54, 1.807) is 17.0 Å². The molecule has 2 rings (SSSR count). The highest BCUT2D eigenvalue weighted by Crippen LogP contribution is 2.25. The molecule has 0 bridgehead atoms. The summed E-state index contributed by atoms with van der Waals surface area (Å²) in [7, 11) is 1.33. The largest absolute Gasteiger partial charge is 0.465 e. The molecule has 2 aromatic rings. The summed E-state index contributed by atoms with van der Waals surface area (Å²) in [6, 6.07) is 7.09. The molecule has 0 atom stereocenters. The van der Waals surface area contributed by atoms with Gasteiger partial charge in [-0.15, -0.1) is 22.7 Å². The summed E-state index contributed by atoms with van der Waals surface area (Å²) in [5.74, 6) is -0.506. The second-order valence-electron chi connectivity index (χ2n) is 3.66. The number of methoxy groups -OCH3 is 1. The monoisotopic (exact) mass is 295 g/mol. The smallest absolute Gasteiger partial charge is 0.348 e. The van der Waals surface area contributed by atoms with Crippen molar-refractivity contribution in [2.24, 2.45) is 0 Å². The topological polar surface area (TPSA) is 46.6 Å². The molecule has 0 aliphatic heterocycles. The molecule has 2 heterocycles. The lowest BCUT2D eigenvalue weighted by Crippen LogP contribution is -2.29. The first-order valence-corrected chi connectivity index (χ1v) is 7.40. The van der Waals surface area contributed by atoms with Crippen molar-refractivity contribution in [2.75, 3.05) is 18.6 Å². The van der Waals surface area contributed by atoms with E-state index < -0.39 is 5.97 Å². The Morgan fingerprint density at radius 1 is 1.26 bits per heavy atom. The van der Waals surface area contributed by atoms with E-state index in [1.807, 2.05) is 24.4 Å². The second kappa shape index (κ2) is 5.99. The van der Waals surface area contributed by atoms with Crippen molar-refractivity contribution in [1.29, 1.82) is 0 Å². The molecule has 0 spiro atoms. The molecule has 0 saturated carbocycles. The van der Waals surface area contributed by atoms with Crippen LogP contribution in [0.15, 0.2) is 29.6 Å². The molecule has 0 fully saturated rings. The van der Waals surface area contributed by atoms with Crippen molar-refractivity contribution >= 4 is 39.6 Å². The standard InChI is InChI=1S/C13H13NO3S2/c1-3-14(11-5-4-8-18-11)12(15)9-6-7-10(19-9)13(16)17-2/h4-8H,3H2,1-2H3. The van der Waals surface area contributed by atoms with Gasteiger partial charge in [0.1, 0.15) is 4.88 Å². The zero-order valence-corrected chi connectivity index (χ0v) is 12.2. The van der Waals surface area contributed by atoms with Gasteiger partial charge in [0.15, 0.2) is 0 Å². The molecule has 0 unspecified atom stereocenters. The van der Waals surface area contributed by atoms with Crippen molar-refractivity contribution in [3.8, 4) is 0 Å². The molecule has 0 saturated heterocycles. The summed E-state index contributed by atoms with van der Waals surface area (Å²) in [4.78, 5) is 26.4. The summed E-state index contributed by atoms with van der Waals surface area (Å²) in [6.07, 6.45) is 0. The van der Waals surface area contributed by atoms with Crippen LogP contribution in [0.2, 0.25) is 0 Å². The molecule has 0 N–H and O–H groups in total. The number of carbonyl (C=O) groups is 2. The van der Waals surface area contributed by atoms with Crippen LogP contribution in [0.5, 0.6) is 0 Å². The predicted molar refractivity (Wildman–Crippen MR) is 77.3 cm³/mol. The lowest BCUT2D eigenvalue weighted by molar-refractivity contribution is 0.0606. The molecule has 1 amide bonds. The molecular formula is C13H13NO3S2. The number of rotatable bonds is 4. The Kier molecular flexibility index (Phi) is 4.34. The van der Waals surface area contributed by atoms with Crippen LogP contribution in [0.25, 0.3) is 0 Å². The summed E-state index contributed by atoms with van der Waals surface area (Å²) >= 11 is 2.67. The Labute approximate surface area is 119 Å². The normalized spacial score (nSPS) is 10.2. The number of hydrogen-bond acceptors (Lipinski definition) is 5. The summed E-state index contributed by atoms with van der Waals surface area (Å²) in [6.45, 7) is 2.51. The van der Waals surface area contributed by atoms with Crippen LogP contribution in [0.4, 0.5) is 5.00 Å². The minimum absolute atomic E-state index is 0.0925. The fourth-order valence-corrected chi connectivity index (χ4v) is 3.29. The lowest BCUT2D eigenvalue weighted by Gasteiger charge is -2.17. The highest BCUT2D eigenvalue weighted by molar-refractivity contribution is 7.16. The van der Waals surface area contributed by atoms with E-state index in [9.17, 15) is 9.59 Å². The molecule has 0 aromatic carbocycles. The highest BCUT2D eigenvalue weighted by atomic mass is 32.1. The zero-order valence-electron chi connectivity index (χ0n) is 10.6. The third-order valence-corrected chi connectivity index (χ3v) is 4.48. The van der Waals surface area contributed by atoms with Crippen LogP contribution >= 0.6 is 22.7 Å². The van der Waals surface area contributed by atoms with Gasteiger partial charge in [-0.25, -0.2) is 4.79 Å². The van der Waals surface area contributed by atoms with Gasteiger partial charge in [0.2, 0.25) is 0 Å². The second-order valence-corrected chi connectivity index (χ2v) is 5.67. The van der Waals surface area contributed by atoms with Gasteiger partial charge >= 0.3 is 5.97 Å². The van der Waals surface area contributed by atoms with Crippen molar-refractivity contribution in [3.63, 3.8) is 0 Å². The Bertz CT molecular complexity index is 574. The predicted octanol–water partition coefficient (Wildman–Crippen LogP) is 3.26. The van der Waals surface area contributed by atoms with Crippen LogP contribution < -0.4 is 4.90 Å². The van der Waals surface area contributed by atoms with E-state index in [4.69, 9.17) is 0 Å². The van der Waals surface area contributed by atoms with E-state index in [0.29, 0.717) is 16.3 Å². The molecule has 2 aromatic heterocycles. The van der Waals surface area contributed by atoms with Crippen LogP contribution in [0.3, 0.4) is 0 Å². The van der Waals surface area contributed by atoms with Gasteiger partial charge in [0.25, 0.3) is 5.91 Å². The third-order valence-electron chi connectivity index (χ3n) is 2.54. The molecular weight excluding hydrogens is 282 g/mol. The fourth-order valence-electron chi connectivity index (χ4n) is 1.62. The van der Waals surface area contributed by atoms with Crippen LogP contribution in [0, 0.1) is 0 Å². The average molecular weight is 295 g/mol. The van der Waals surface area contributed by atoms with Gasteiger partial charge in [-0.1, -0.05) is 0 Å². The zero-order chi connectivity index (χ0) is 13.8. The van der Waals surface area contributed by atoms with E-state index in [2.05, 4.69) is 4.74 Å². The van der Waals surface area contributed by atoms with Crippen LogP contribution in [-0.4, -0.2) is 25.5 Å². The number of anilines is 1. The van der Waals surface area contributed by atoms with Crippen LogP contribution in [-0.2, 0) is 4.74 Å².